The summed E-state index contributed by atoms with van der Waals surface area (Å²) in [5.74, 6) is -0.380. The molecule has 0 bridgehead atoms. The number of benzene rings is 1. The van der Waals surface area contributed by atoms with Gasteiger partial charge in [-0.1, -0.05) is 13.0 Å². The molecule has 0 fully saturated rings. The zero-order valence-corrected chi connectivity index (χ0v) is 9.26. The van der Waals surface area contributed by atoms with Gasteiger partial charge in [0.15, 0.2) is 0 Å². The van der Waals surface area contributed by atoms with Crippen LogP contribution in [0.2, 0.25) is 0 Å². The summed E-state index contributed by atoms with van der Waals surface area (Å²) in [7, 11) is 0. The predicted octanol–water partition coefficient (Wildman–Crippen LogP) is 2.50. The second kappa shape index (κ2) is 5.88. The fourth-order valence-corrected chi connectivity index (χ4v) is 2.12. The average Bonchev–Trinajstić information content (AvgIpc) is 2.21. The van der Waals surface area contributed by atoms with E-state index in [4.69, 9.17) is 5.11 Å². The maximum atomic E-state index is 13.4. The standard InChI is InChI=1S/C11H13FO2S/c1-8(4-5-13)15-11-3-2-9(7-14)6-10(11)12/h2-3,6-8,13H,4-5H2,1H3. The third-order valence-corrected chi connectivity index (χ3v) is 3.18. The van der Waals surface area contributed by atoms with E-state index in [1.165, 1.54) is 17.8 Å². The molecule has 0 aliphatic heterocycles. The summed E-state index contributed by atoms with van der Waals surface area (Å²) in [6.45, 7) is 2.02. The van der Waals surface area contributed by atoms with Gasteiger partial charge in [-0.2, -0.15) is 0 Å². The van der Waals surface area contributed by atoms with E-state index < -0.39 is 0 Å². The molecule has 0 amide bonds. The minimum Gasteiger partial charge on any atom is -0.396 e. The zero-order valence-electron chi connectivity index (χ0n) is 8.44. The zero-order chi connectivity index (χ0) is 11.3. The molecular formula is C11H13FO2S. The Balaban J connectivity index is 2.73. The quantitative estimate of drug-likeness (QED) is 0.621. The number of thioether (sulfide) groups is 1. The molecule has 1 atom stereocenters. The van der Waals surface area contributed by atoms with Crippen molar-refractivity contribution in [1.82, 2.24) is 0 Å². The molecule has 0 heterocycles. The highest BCUT2D eigenvalue weighted by Gasteiger charge is 2.08. The van der Waals surface area contributed by atoms with Crippen LogP contribution in [0.3, 0.4) is 0 Å². The summed E-state index contributed by atoms with van der Waals surface area (Å²) in [6.07, 6.45) is 1.24. The van der Waals surface area contributed by atoms with Crippen LogP contribution in [-0.4, -0.2) is 23.2 Å². The molecule has 0 aliphatic rings. The molecule has 0 radical (unpaired) electrons. The number of aliphatic hydroxyl groups is 1. The summed E-state index contributed by atoms with van der Waals surface area (Å²) < 4.78 is 13.4. The summed E-state index contributed by atoms with van der Waals surface area (Å²) in [6, 6.07) is 4.41. The fourth-order valence-electron chi connectivity index (χ4n) is 1.14. The van der Waals surface area contributed by atoms with E-state index in [9.17, 15) is 9.18 Å². The van der Waals surface area contributed by atoms with Gasteiger partial charge in [0.05, 0.1) is 0 Å². The molecule has 1 N–H and O–H groups in total. The van der Waals surface area contributed by atoms with Gasteiger partial charge < -0.3 is 5.11 Å². The van der Waals surface area contributed by atoms with Crippen molar-refractivity contribution in [2.45, 2.75) is 23.5 Å². The van der Waals surface area contributed by atoms with Crippen LogP contribution in [0.15, 0.2) is 23.1 Å². The molecule has 0 saturated heterocycles. The lowest BCUT2D eigenvalue weighted by Gasteiger charge is -2.09. The number of aldehydes is 1. The van der Waals surface area contributed by atoms with Crippen LogP contribution >= 0.6 is 11.8 Å². The molecule has 82 valence electrons. The van der Waals surface area contributed by atoms with E-state index in [2.05, 4.69) is 0 Å². The fraction of sp³-hybridized carbons (Fsp3) is 0.364. The molecule has 1 rings (SSSR count). The predicted molar refractivity (Wildman–Crippen MR) is 58.8 cm³/mol. The number of carbonyl (C=O) groups is 1. The molecule has 0 spiro atoms. The Morgan fingerprint density at radius 2 is 2.33 bits per heavy atom. The van der Waals surface area contributed by atoms with Crippen molar-refractivity contribution < 1.29 is 14.3 Å². The summed E-state index contributed by atoms with van der Waals surface area (Å²) >= 11 is 1.36. The van der Waals surface area contributed by atoms with Crippen molar-refractivity contribution >= 4 is 18.0 Å². The van der Waals surface area contributed by atoms with Crippen LogP contribution in [0, 0.1) is 5.82 Å². The van der Waals surface area contributed by atoms with Crippen molar-refractivity contribution in [3.63, 3.8) is 0 Å². The molecular weight excluding hydrogens is 215 g/mol. The summed E-state index contributed by atoms with van der Waals surface area (Å²) in [5, 5.41) is 8.87. The van der Waals surface area contributed by atoms with E-state index in [-0.39, 0.29) is 17.7 Å². The molecule has 0 saturated carbocycles. The van der Waals surface area contributed by atoms with Crippen molar-refractivity contribution in [3.05, 3.63) is 29.6 Å². The number of rotatable bonds is 5. The summed E-state index contributed by atoms with van der Waals surface area (Å²) in [4.78, 5) is 10.9. The average molecular weight is 228 g/mol. The first kappa shape index (κ1) is 12.2. The van der Waals surface area contributed by atoms with Crippen molar-refractivity contribution in [1.29, 1.82) is 0 Å². The van der Waals surface area contributed by atoms with Gasteiger partial charge in [-0.25, -0.2) is 4.39 Å². The number of hydrogen-bond acceptors (Lipinski definition) is 3. The third kappa shape index (κ3) is 3.64. The number of aliphatic hydroxyl groups excluding tert-OH is 1. The lowest BCUT2D eigenvalue weighted by atomic mass is 10.2. The Morgan fingerprint density at radius 1 is 1.60 bits per heavy atom. The lowest BCUT2D eigenvalue weighted by Crippen LogP contribution is -2.00. The van der Waals surface area contributed by atoms with Crippen LogP contribution in [0.1, 0.15) is 23.7 Å². The highest BCUT2D eigenvalue weighted by atomic mass is 32.2. The van der Waals surface area contributed by atoms with Crippen molar-refractivity contribution in [2.24, 2.45) is 0 Å². The molecule has 4 heteroatoms. The maximum Gasteiger partial charge on any atom is 0.150 e. The van der Waals surface area contributed by atoms with Crippen molar-refractivity contribution in [2.75, 3.05) is 6.61 Å². The first-order chi connectivity index (χ1) is 7.17. The molecule has 1 aromatic rings. The number of carbonyl (C=O) groups excluding carboxylic acids is 1. The Bertz CT molecular complexity index is 341. The van der Waals surface area contributed by atoms with Gasteiger partial charge in [0.2, 0.25) is 0 Å². The van der Waals surface area contributed by atoms with Gasteiger partial charge in [-0.15, -0.1) is 11.8 Å². The van der Waals surface area contributed by atoms with E-state index in [0.29, 0.717) is 23.2 Å². The monoisotopic (exact) mass is 228 g/mol. The highest BCUT2D eigenvalue weighted by Crippen LogP contribution is 2.27. The largest absolute Gasteiger partial charge is 0.396 e. The van der Waals surface area contributed by atoms with Gasteiger partial charge in [-0.05, 0) is 18.6 Å². The van der Waals surface area contributed by atoms with Crippen LogP contribution in [0.25, 0.3) is 0 Å². The van der Waals surface area contributed by atoms with Crippen LogP contribution < -0.4 is 0 Å². The normalized spacial score (nSPS) is 12.5. The second-order valence-electron chi connectivity index (χ2n) is 3.25. The minimum absolute atomic E-state index is 0.0994. The van der Waals surface area contributed by atoms with Gasteiger partial charge in [0.25, 0.3) is 0 Å². The van der Waals surface area contributed by atoms with E-state index in [1.807, 2.05) is 6.92 Å². The Morgan fingerprint density at radius 3 is 2.87 bits per heavy atom. The second-order valence-corrected chi connectivity index (χ2v) is 4.73. The smallest absolute Gasteiger partial charge is 0.150 e. The third-order valence-electron chi connectivity index (χ3n) is 1.96. The van der Waals surface area contributed by atoms with E-state index in [0.717, 1.165) is 0 Å². The van der Waals surface area contributed by atoms with Crippen LogP contribution in [-0.2, 0) is 0 Å². The Hall–Kier alpha value is -0.870. The van der Waals surface area contributed by atoms with E-state index in [1.54, 1.807) is 12.1 Å². The van der Waals surface area contributed by atoms with Gasteiger partial charge in [-0.3, -0.25) is 4.79 Å². The van der Waals surface area contributed by atoms with Gasteiger partial charge in [0.1, 0.15) is 12.1 Å². The van der Waals surface area contributed by atoms with E-state index >= 15 is 0 Å². The molecule has 1 unspecified atom stereocenters. The highest BCUT2D eigenvalue weighted by molar-refractivity contribution is 7.99. The minimum atomic E-state index is -0.380. The first-order valence-electron chi connectivity index (χ1n) is 4.69. The maximum absolute atomic E-state index is 13.4. The first-order valence-corrected chi connectivity index (χ1v) is 5.57. The van der Waals surface area contributed by atoms with Gasteiger partial charge in [0, 0.05) is 22.3 Å². The Kier molecular flexibility index (Phi) is 4.78. The lowest BCUT2D eigenvalue weighted by molar-refractivity contribution is 0.112. The number of hydrogen-bond donors (Lipinski definition) is 1. The molecule has 0 aliphatic carbocycles. The van der Waals surface area contributed by atoms with Gasteiger partial charge >= 0.3 is 0 Å². The SMILES string of the molecule is CC(CCO)Sc1ccc(C=O)cc1F. The Labute approximate surface area is 92.5 Å². The molecule has 1 aromatic carbocycles. The van der Waals surface area contributed by atoms with Crippen LogP contribution in [0.5, 0.6) is 0 Å². The number of halogens is 1. The van der Waals surface area contributed by atoms with Crippen molar-refractivity contribution in [3.8, 4) is 0 Å². The van der Waals surface area contributed by atoms with Crippen LogP contribution in [0.4, 0.5) is 4.39 Å². The molecule has 2 nitrogen and oxygen atoms in total. The molecule has 15 heavy (non-hydrogen) atoms. The topological polar surface area (TPSA) is 37.3 Å². The molecule has 0 aromatic heterocycles. The summed E-state index contributed by atoms with van der Waals surface area (Å²) in [5.41, 5.74) is 0.340.